The van der Waals surface area contributed by atoms with Gasteiger partial charge in [-0.25, -0.2) is 0 Å². The second kappa shape index (κ2) is 7.52. The van der Waals surface area contributed by atoms with Gasteiger partial charge in [0.25, 0.3) is 5.91 Å². The van der Waals surface area contributed by atoms with E-state index in [0.29, 0.717) is 19.5 Å². The van der Waals surface area contributed by atoms with Gasteiger partial charge in [-0.3, -0.25) is 4.79 Å². The highest BCUT2D eigenvalue weighted by Crippen LogP contribution is 2.32. The predicted molar refractivity (Wildman–Crippen MR) is 65.6 cm³/mol. The van der Waals surface area contributed by atoms with E-state index in [1.165, 1.54) is 25.3 Å². The molecule has 19 heavy (non-hydrogen) atoms. The Labute approximate surface area is 109 Å². The summed E-state index contributed by atoms with van der Waals surface area (Å²) in [5, 5.41) is 2.57. The molecule has 0 aliphatic heterocycles. The zero-order chi connectivity index (χ0) is 14.3. The van der Waals surface area contributed by atoms with Gasteiger partial charge in [0, 0.05) is 6.54 Å². The highest BCUT2D eigenvalue weighted by molar-refractivity contribution is 5.97. The van der Waals surface area contributed by atoms with Crippen molar-refractivity contribution in [3.05, 3.63) is 23.8 Å². The van der Waals surface area contributed by atoms with Crippen molar-refractivity contribution in [2.45, 2.75) is 13.0 Å². The van der Waals surface area contributed by atoms with E-state index in [2.05, 4.69) is 10.1 Å². The number of rotatable bonds is 7. The normalized spacial score (nSPS) is 10.4. The van der Waals surface area contributed by atoms with Crippen LogP contribution in [-0.4, -0.2) is 32.7 Å². The molecule has 0 fully saturated rings. The van der Waals surface area contributed by atoms with Crippen molar-refractivity contribution in [2.75, 3.05) is 20.2 Å². The van der Waals surface area contributed by atoms with E-state index in [1.54, 1.807) is 0 Å². The maximum absolute atomic E-state index is 12.4. The fraction of sp³-hybridized carbons (Fsp3) is 0.417. The van der Waals surface area contributed by atoms with Crippen LogP contribution in [-0.2, 0) is 0 Å². The Morgan fingerprint density at radius 1 is 1.47 bits per heavy atom. The number of ether oxygens (including phenoxy) is 2. The third-order valence-corrected chi connectivity index (χ3v) is 2.32. The summed E-state index contributed by atoms with van der Waals surface area (Å²) in [6.45, 7) is -2.24. The summed E-state index contributed by atoms with van der Waals surface area (Å²) in [4.78, 5) is 11.9. The number of para-hydroxylation sites is 1. The topological polar surface area (TPSA) is 73.6 Å². The zero-order valence-corrected chi connectivity index (χ0v) is 10.5. The summed E-state index contributed by atoms with van der Waals surface area (Å²) < 4.78 is 34.0. The molecule has 0 aromatic heterocycles. The van der Waals surface area contributed by atoms with Gasteiger partial charge in [0.15, 0.2) is 11.5 Å². The maximum Gasteiger partial charge on any atom is 0.387 e. The molecule has 0 saturated carbocycles. The van der Waals surface area contributed by atoms with Crippen LogP contribution in [0.5, 0.6) is 11.5 Å². The van der Waals surface area contributed by atoms with Crippen molar-refractivity contribution in [1.82, 2.24) is 5.32 Å². The van der Waals surface area contributed by atoms with Crippen LogP contribution in [0.25, 0.3) is 0 Å². The Balaban J connectivity index is 2.94. The van der Waals surface area contributed by atoms with E-state index >= 15 is 0 Å². The second-order valence-electron chi connectivity index (χ2n) is 3.61. The van der Waals surface area contributed by atoms with Gasteiger partial charge in [-0.05, 0) is 25.1 Å². The van der Waals surface area contributed by atoms with Crippen LogP contribution >= 0.6 is 0 Å². The van der Waals surface area contributed by atoms with Crippen molar-refractivity contribution in [3.8, 4) is 11.5 Å². The molecule has 0 unspecified atom stereocenters. The minimum absolute atomic E-state index is 0.00308. The Kier molecular flexibility index (Phi) is 6.01. The number of carbonyl (C=O) groups excluding carboxylic acids is 1. The summed E-state index contributed by atoms with van der Waals surface area (Å²) in [5.41, 5.74) is 5.30. The Bertz CT molecular complexity index is 427. The first-order valence-electron chi connectivity index (χ1n) is 5.70. The molecule has 0 aliphatic rings. The fourth-order valence-electron chi connectivity index (χ4n) is 1.47. The Morgan fingerprint density at radius 2 is 2.21 bits per heavy atom. The van der Waals surface area contributed by atoms with E-state index in [0.717, 1.165) is 0 Å². The minimum atomic E-state index is -3.04. The number of benzene rings is 1. The van der Waals surface area contributed by atoms with Gasteiger partial charge in [0.05, 0.1) is 12.7 Å². The smallest absolute Gasteiger partial charge is 0.387 e. The SMILES string of the molecule is COc1cccc(C(=O)NCCCN)c1OC(F)F. The van der Waals surface area contributed by atoms with Gasteiger partial charge in [0.1, 0.15) is 0 Å². The molecule has 106 valence electrons. The first-order valence-corrected chi connectivity index (χ1v) is 5.70. The van der Waals surface area contributed by atoms with Crippen LogP contribution in [0.15, 0.2) is 18.2 Å². The van der Waals surface area contributed by atoms with Gasteiger partial charge in [-0.2, -0.15) is 8.78 Å². The van der Waals surface area contributed by atoms with Crippen molar-refractivity contribution in [1.29, 1.82) is 0 Å². The molecular weight excluding hydrogens is 258 g/mol. The largest absolute Gasteiger partial charge is 0.493 e. The molecule has 1 rings (SSSR count). The van der Waals surface area contributed by atoms with Crippen molar-refractivity contribution in [2.24, 2.45) is 5.73 Å². The molecule has 1 amide bonds. The molecule has 0 bridgehead atoms. The lowest BCUT2D eigenvalue weighted by Gasteiger charge is -2.14. The number of amides is 1. The van der Waals surface area contributed by atoms with Crippen molar-refractivity contribution in [3.63, 3.8) is 0 Å². The molecule has 1 aromatic carbocycles. The second-order valence-corrected chi connectivity index (χ2v) is 3.61. The van der Waals surface area contributed by atoms with Crippen LogP contribution in [0, 0.1) is 0 Å². The molecule has 0 aliphatic carbocycles. The lowest BCUT2D eigenvalue weighted by atomic mass is 10.1. The quantitative estimate of drug-likeness (QED) is 0.737. The molecule has 0 atom stereocenters. The Morgan fingerprint density at radius 3 is 2.79 bits per heavy atom. The van der Waals surface area contributed by atoms with Crippen LogP contribution in [0.4, 0.5) is 8.78 Å². The van der Waals surface area contributed by atoms with Gasteiger partial charge < -0.3 is 20.5 Å². The zero-order valence-electron chi connectivity index (χ0n) is 10.5. The standard InChI is InChI=1S/C12H16F2N2O3/c1-18-9-5-2-4-8(10(9)19-12(13)14)11(17)16-7-3-6-15/h2,4-5,12H,3,6-7,15H2,1H3,(H,16,17). The van der Waals surface area contributed by atoms with Crippen molar-refractivity contribution >= 4 is 5.91 Å². The molecular formula is C12H16F2N2O3. The summed E-state index contributed by atoms with van der Waals surface area (Å²) in [6.07, 6.45) is 0.598. The van der Waals surface area contributed by atoms with E-state index in [1.807, 2.05) is 0 Å². The third-order valence-electron chi connectivity index (χ3n) is 2.32. The summed E-state index contributed by atoms with van der Waals surface area (Å²) in [7, 11) is 1.31. The van der Waals surface area contributed by atoms with Crippen LogP contribution in [0.2, 0.25) is 0 Å². The molecule has 7 heteroatoms. The van der Waals surface area contributed by atoms with Crippen LogP contribution in [0.3, 0.4) is 0 Å². The maximum atomic E-state index is 12.4. The average molecular weight is 274 g/mol. The number of nitrogens with two attached hydrogens (primary N) is 1. The Hall–Kier alpha value is -1.89. The van der Waals surface area contributed by atoms with Crippen LogP contribution < -0.4 is 20.5 Å². The number of alkyl halides is 2. The number of methoxy groups -OCH3 is 1. The van der Waals surface area contributed by atoms with Crippen molar-refractivity contribution < 1.29 is 23.0 Å². The predicted octanol–water partition coefficient (Wildman–Crippen LogP) is 1.38. The number of halogens is 2. The van der Waals surface area contributed by atoms with Gasteiger partial charge in [-0.15, -0.1) is 0 Å². The van der Waals surface area contributed by atoms with Gasteiger partial charge in [0.2, 0.25) is 0 Å². The van der Waals surface area contributed by atoms with Crippen LogP contribution in [0.1, 0.15) is 16.8 Å². The molecule has 5 nitrogen and oxygen atoms in total. The lowest BCUT2D eigenvalue weighted by Crippen LogP contribution is -2.26. The minimum Gasteiger partial charge on any atom is -0.493 e. The van der Waals surface area contributed by atoms with Gasteiger partial charge in [-0.1, -0.05) is 6.07 Å². The number of hydrogen-bond acceptors (Lipinski definition) is 4. The lowest BCUT2D eigenvalue weighted by molar-refractivity contribution is -0.0515. The third kappa shape index (κ3) is 4.36. The molecule has 0 heterocycles. The summed E-state index contributed by atoms with van der Waals surface area (Å²) in [6, 6.07) is 4.35. The van der Waals surface area contributed by atoms with Gasteiger partial charge >= 0.3 is 6.61 Å². The van der Waals surface area contributed by atoms with E-state index in [4.69, 9.17) is 10.5 Å². The molecule has 0 saturated heterocycles. The molecule has 3 N–H and O–H groups in total. The van der Waals surface area contributed by atoms with E-state index in [9.17, 15) is 13.6 Å². The summed E-state index contributed by atoms with van der Waals surface area (Å²) >= 11 is 0. The number of nitrogens with one attached hydrogen (secondary N) is 1. The average Bonchev–Trinajstić information content (AvgIpc) is 2.38. The van der Waals surface area contributed by atoms with E-state index in [-0.39, 0.29) is 17.1 Å². The molecule has 0 spiro atoms. The molecule has 1 aromatic rings. The van der Waals surface area contributed by atoms with E-state index < -0.39 is 12.5 Å². The first kappa shape index (κ1) is 15.2. The highest BCUT2D eigenvalue weighted by atomic mass is 19.3. The summed E-state index contributed by atoms with van der Waals surface area (Å²) in [5.74, 6) is -0.708. The number of carbonyl (C=O) groups is 1. The number of hydrogen-bond donors (Lipinski definition) is 2. The first-order chi connectivity index (χ1) is 9.10. The highest BCUT2D eigenvalue weighted by Gasteiger charge is 2.19. The monoisotopic (exact) mass is 274 g/mol. The molecule has 0 radical (unpaired) electrons. The fourth-order valence-corrected chi connectivity index (χ4v) is 1.47.